The number of carbonyl (C=O) groups excluding carboxylic acids is 1. The Morgan fingerprint density at radius 3 is 2.06 bits per heavy atom. The molecule has 182 valence electrons. The first-order valence-electron chi connectivity index (χ1n) is 11.7. The summed E-state index contributed by atoms with van der Waals surface area (Å²) in [4.78, 5) is 15.6. The third-order valence-corrected chi connectivity index (χ3v) is 6.87. The van der Waals surface area contributed by atoms with Crippen LogP contribution in [0.15, 0.2) is 72.8 Å². The Morgan fingerprint density at radius 2 is 1.46 bits per heavy atom. The van der Waals surface area contributed by atoms with Crippen LogP contribution in [0.2, 0.25) is 0 Å². The molecule has 1 amide bonds. The topological polar surface area (TPSA) is 48.0 Å². The summed E-state index contributed by atoms with van der Waals surface area (Å²) in [6.45, 7) is 6.54. The van der Waals surface area contributed by atoms with Gasteiger partial charge < -0.3 is 19.1 Å². The largest absolute Gasteiger partial charge is 0.493 e. The maximum absolute atomic E-state index is 13.7. The van der Waals surface area contributed by atoms with Gasteiger partial charge in [-0.15, -0.1) is 0 Å². The van der Waals surface area contributed by atoms with Gasteiger partial charge in [0.2, 0.25) is 5.75 Å². The first-order chi connectivity index (χ1) is 16.7. The van der Waals surface area contributed by atoms with Crippen LogP contribution in [0.25, 0.3) is 6.08 Å². The van der Waals surface area contributed by atoms with E-state index >= 15 is 0 Å². The van der Waals surface area contributed by atoms with Crippen LogP contribution >= 0.6 is 0 Å². The van der Waals surface area contributed by atoms with Crippen LogP contribution < -0.4 is 19.1 Å². The third kappa shape index (κ3) is 4.39. The maximum Gasteiger partial charge on any atom is 0.251 e. The average Bonchev–Trinajstić information content (AvgIpc) is 2.86. The summed E-state index contributed by atoms with van der Waals surface area (Å²) in [5.74, 6) is 1.53. The summed E-state index contributed by atoms with van der Waals surface area (Å²) in [6, 6.07) is 22.4. The van der Waals surface area contributed by atoms with Gasteiger partial charge in [-0.05, 0) is 61.2 Å². The van der Waals surface area contributed by atoms with E-state index in [1.54, 1.807) is 33.5 Å². The Balaban J connectivity index is 1.74. The van der Waals surface area contributed by atoms with E-state index in [1.165, 1.54) is 5.56 Å². The second kappa shape index (κ2) is 9.49. The number of ether oxygens (including phenoxy) is 3. The van der Waals surface area contributed by atoms with Gasteiger partial charge in [-0.1, -0.05) is 55.5 Å². The van der Waals surface area contributed by atoms with Gasteiger partial charge in [-0.3, -0.25) is 4.79 Å². The number of para-hydroxylation sites is 1. The fourth-order valence-corrected chi connectivity index (χ4v) is 5.42. The van der Waals surface area contributed by atoms with E-state index < -0.39 is 5.54 Å². The summed E-state index contributed by atoms with van der Waals surface area (Å²) >= 11 is 0. The number of fused-ring (bicyclic) bond motifs is 1. The summed E-state index contributed by atoms with van der Waals surface area (Å²) in [7, 11) is 4.72. The fraction of sp³-hybridized carbons (Fsp3) is 0.300. The van der Waals surface area contributed by atoms with Crippen LogP contribution in [0.1, 0.15) is 43.9 Å². The molecule has 1 aliphatic heterocycles. The molecule has 0 aliphatic carbocycles. The highest BCUT2D eigenvalue weighted by Gasteiger charge is 2.47. The van der Waals surface area contributed by atoms with Gasteiger partial charge in [0.15, 0.2) is 11.5 Å². The molecule has 0 aromatic heterocycles. The number of hydrogen-bond donors (Lipinski definition) is 0. The zero-order valence-corrected chi connectivity index (χ0v) is 21.3. The second-order valence-corrected chi connectivity index (χ2v) is 9.67. The molecule has 0 fully saturated rings. The summed E-state index contributed by atoms with van der Waals surface area (Å²) in [5, 5.41) is 0. The lowest BCUT2D eigenvalue weighted by atomic mass is 9.65. The predicted molar refractivity (Wildman–Crippen MR) is 141 cm³/mol. The molecule has 0 spiro atoms. The van der Waals surface area contributed by atoms with Crippen molar-refractivity contribution in [1.82, 2.24) is 0 Å². The Morgan fingerprint density at radius 1 is 0.857 bits per heavy atom. The number of amides is 1. The Bertz CT molecular complexity index is 1220. The molecule has 0 N–H and O–H groups in total. The normalized spacial score (nSPS) is 18.7. The quantitative estimate of drug-likeness (QED) is 0.399. The number of anilines is 1. The molecule has 0 saturated heterocycles. The van der Waals surface area contributed by atoms with Gasteiger partial charge in [-0.2, -0.15) is 0 Å². The van der Waals surface area contributed by atoms with E-state index in [4.69, 9.17) is 14.2 Å². The molecule has 5 nitrogen and oxygen atoms in total. The molecule has 3 aromatic rings. The second-order valence-electron chi connectivity index (χ2n) is 9.67. The molecule has 4 rings (SSSR count). The van der Waals surface area contributed by atoms with E-state index in [0.29, 0.717) is 17.2 Å². The molecule has 35 heavy (non-hydrogen) atoms. The zero-order chi connectivity index (χ0) is 25.2. The standard InChI is InChI=1S/C30H33NO4/c1-29(2)20-30(3,22-12-8-7-9-13-22)23-14-10-11-15-24(23)31(29)27(32)17-16-21-18-25(33-4)28(35-6)26(19-21)34-5/h7-19H,20H2,1-6H3. The fourth-order valence-electron chi connectivity index (χ4n) is 5.42. The van der Waals surface area contributed by atoms with E-state index in [1.807, 2.05) is 41.3 Å². The van der Waals surface area contributed by atoms with Crippen LogP contribution in [0.3, 0.4) is 0 Å². The summed E-state index contributed by atoms with van der Waals surface area (Å²) in [6.07, 6.45) is 4.20. The SMILES string of the molecule is COc1cc(C=CC(=O)N2c3ccccc3C(C)(c3ccccc3)CC2(C)C)cc(OC)c1OC. The van der Waals surface area contributed by atoms with Crippen LogP contribution in [0, 0.1) is 0 Å². The van der Waals surface area contributed by atoms with Gasteiger partial charge in [-0.25, -0.2) is 0 Å². The first-order valence-corrected chi connectivity index (χ1v) is 11.7. The van der Waals surface area contributed by atoms with E-state index in [0.717, 1.165) is 23.2 Å². The number of nitrogens with zero attached hydrogens (tertiary/aromatic N) is 1. The maximum atomic E-state index is 13.7. The van der Waals surface area contributed by atoms with Gasteiger partial charge in [0.25, 0.3) is 5.91 Å². The predicted octanol–water partition coefficient (Wildman–Crippen LogP) is 6.25. The van der Waals surface area contributed by atoms with Crippen molar-refractivity contribution in [3.8, 4) is 17.2 Å². The van der Waals surface area contributed by atoms with Crippen molar-refractivity contribution in [2.45, 2.75) is 38.1 Å². The molecule has 1 unspecified atom stereocenters. The molecule has 0 bridgehead atoms. The molecule has 1 heterocycles. The zero-order valence-electron chi connectivity index (χ0n) is 21.3. The molecule has 0 saturated carbocycles. The Kier molecular flexibility index (Phi) is 6.62. The smallest absolute Gasteiger partial charge is 0.251 e. The highest BCUT2D eigenvalue weighted by Crippen LogP contribution is 2.50. The number of carbonyl (C=O) groups is 1. The lowest BCUT2D eigenvalue weighted by Gasteiger charge is -2.51. The van der Waals surface area contributed by atoms with Crippen LogP contribution in [-0.2, 0) is 10.2 Å². The van der Waals surface area contributed by atoms with E-state index in [2.05, 4.69) is 51.1 Å². The molecule has 0 radical (unpaired) electrons. The number of rotatable bonds is 6. The minimum absolute atomic E-state index is 0.0775. The van der Waals surface area contributed by atoms with Gasteiger partial charge in [0.05, 0.1) is 21.3 Å². The Labute approximate surface area is 207 Å². The summed E-state index contributed by atoms with van der Waals surface area (Å²) < 4.78 is 16.3. The minimum Gasteiger partial charge on any atom is -0.493 e. The highest BCUT2D eigenvalue weighted by molar-refractivity contribution is 6.06. The van der Waals surface area contributed by atoms with Crippen molar-refractivity contribution >= 4 is 17.7 Å². The van der Waals surface area contributed by atoms with E-state index in [-0.39, 0.29) is 11.3 Å². The summed E-state index contributed by atoms with van der Waals surface area (Å²) in [5.41, 5.74) is 3.51. The minimum atomic E-state index is -0.407. The third-order valence-electron chi connectivity index (χ3n) is 6.87. The first kappa shape index (κ1) is 24.4. The average molecular weight is 472 g/mol. The van der Waals surface area contributed by atoms with Crippen molar-refractivity contribution < 1.29 is 19.0 Å². The van der Waals surface area contributed by atoms with Crippen LogP contribution in [-0.4, -0.2) is 32.8 Å². The van der Waals surface area contributed by atoms with Crippen LogP contribution in [0.4, 0.5) is 5.69 Å². The van der Waals surface area contributed by atoms with Gasteiger partial charge >= 0.3 is 0 Å². The van der Waals surface area contributed by atoms with Crippen LogP contribution in [0.5, 0.6) is 17.2 Å². The van der Waals surface area contributed by atoms with Gasteiger partial charge in [0, 0.05) is 22.7 Å². The Hall–Kier alpha value is -3.73. The van der Waals surface area contributed by atoms with Crippen molar-refractivity contribution in [3.05, 3.63) is 89.5 Å². The lowest BCUT2D eigenvalue weighted by molar-refractivity contribution is -0.115. The number of hydrogen-bond acceptors (Lipinski definition) is 4. The lowest BCUT2D eigenvalue weighted by Crippen LogP contribution is -2.55. The van der Waals surface area contributed by atoms with Crippen molar-refractivity contribution in [3.63, 3.8) is 0 Å². The highest BCUT2D eigenvalue weighted by atomic mass is 16.5. The molecule has 1 aliphatic rings. The molecular weight excluding hydrogens is 438 g/mol. The van der Waals surface area contributed by atoms with Gasteiger partial charge in [0.1, 0.15) is 0 Å². The molecule has 5 heteroatoms. The van der Waals surface area contributed by atoms with Crippen molar-refractivity contribution in [1.29, 1.82) is 0 Å². The molecule has 3 aromatic carbocycles. The monoisotopic (exact) mass is 471 g/mol. The van der Waals surface area contributed by atoms with Crippen molar-refractivity contribution in [2.75, 3.05) is 26.2 Å². The number of methoxy groups -OCH3 is 3. The number of benzene rings is 3. The molecule has 1 atom stereocenters. The van der Waals surface area contributed by atoms with Crippen molar-refractivity contribution in [2.24, 2.45) is 0 Å². The van der Waals surface area contributed by atoms with E-state index in [9.17, 15) is 4.79 Å². The molecular formula is C30H33NO4.